The van der Waals surface area contributed by atoms with E-state index in [-0.39, 0.29) is 27.3 Å². The second kappa shape index (κ2) is 6.31. The molecule has 2 rings (SSSR count). The van der Waals surface area contributed by atoms with E-state index < -0.39 is 10.0 Å². The molecule has 0 radical (unpaired) electrons. The fourth-order valence-corrected chi connectivity index (χ4v) is 3.37. The lowest BCUT2D eigenvalue weighted by molar-refractivity contribution is 0.0944. The lowest BCUT2D eigenvalue weighted by atomic mass is 10.1. The molecule has 1 heterocycles. The molecular formula is C13H17ClN2O4S. The van der Waals surface area contributed by atoms with Gasteiger partial charge in [0.2, 0.25) is 10.0 Å². The SMILES string of the molecule is Cc1c(C(=O)NCC2CCOC2)cc(Cl)cc1S(N)(=O)=O. The maximum absolute atomic E-state index is 12.2. The van der Waals surface area contributed by atoms with E-state index in [1.54, 1.807) is 0 Å². The lowest BCUT2D eigenvalue weighted by Crippen LogP contribution is -2.30. The number of carbonyl (C=O) groups is 1. The Hall–Kier alpha value is -1.15. The molecule has 0 aromatic heterocycles. The van der Waals surface area contributed by atoms with Crippen LogP contribution in [0.15, 0.2) is 17.0 Å². The average Bonchev–Trinajstić information content (AvgIpc) is 2.90. The first-order valence-corrected chi connectivity index (χ1v) is 8.40. The first-order valence-electron chi connectivity index (χ1n) is 6.48. The van der Waals surface area contributed by atoms with Crippen LogP contribution in [-0.2, 0) is 14.8 Å². The Bertz CT molecular complexity index is 654. The highest BCUT2D eigenvalue weighted by atomic mass is 35.5. The first kappa shape index (κ1) is 16.2. The van der Waals surface area contributed by atoms with E-state index in [4.69, 9.17) is 21.5 Å². The van der Waals surface area contributed by atoms with Crippen molar-refractivity contribution in [2.45, 2.75) is 18.2 Å². The van der Waals surface area contributed by atoms with Crippen molar-refractivity contribution in [2.24, 2.45) is 11.1 Å². The second-order valence-corrected chi connectivity index (χ2v) is 7.03. The molecule has 1 aliphatic rings. The third-order valence-electron chi connectivity index (χ3n) is 3.45. The van der Waals surface area contributed by atoms with E-state index >= 15 is 0 Å². The summed E-state index contributed by atoms with van der Waals surface area (Å²) < 4.78 is 28.3. The smallest absolute Gasteiger partial charge is 0.251 e. The monoisotopic (exact) mass is 332 g/mol. The van der Waals surface area contributed by atoms with E-state index in [0.717, 1.165) is 6.42 Å². The van der Waals surface area contributed by atoms with Crippen LogP contribution in [0.2, 0.25) is 5.02 Å². The van der Waals surface area contributed by atoms with Crippen LogP contribution in [0.4, 0.5) is 0 Å². The summed E-state index contributed by atoms with van der Waals surface area (Å²) in [6.45, 7) is 3.34. The third-order valence-corrected chi connectivity index (χ3v) is 4.71. The largest absolute Gasteiger partial charge is 0.381 e. The minimum atomic E-state index is -3.93. The summed E-state index contributed by atoms with van der Waals surface area (Å²) in [6.07, 6.45) is 0.900. The van der Waals surface area contributed by atoms with Crippen LogP contribution in [0.25, 0.3) is 0 Å². The van der Waals surface area contributed by atoms with Gasteiger partial charge in [-0.05, 0) is 31.0 Å². The Labute approximate surface area is 128 Å². The Morgan fingerprint density at radius 2 is 2.24 bits per heavy atom. The zero-order chi connectivity index (χ0) is 15.6. The predicted molar refractivity (Wildman–Crippen MR) is 78.8 cm³/mol. The van der Waals surface area contributed by atoms with Gasteiger partial charge in [0.15, 0.2) is 0 Å². The normalized spacial score (nSPS) is 18.7. The van der Waals surface area contributed by atoms with Gasteiger partial charge in [-0.2, -0.15) is 0 Å². The average molecular weight is 333 g/mol. The molecule has 0 spiro atoms. The standard InChI is InChI=1S/C13H17ClN2O4S/c1-8-11(4-10(14)5-12(8)21(15,18)19)13(17)16-6-9-2-3-20-7-9/h4-5,9H,2-3,6-7H2,1H3,(H,16,17)(H2,15,18,19). The van der Waals surface area contributed by atoms with Crippen LogP contribution in [0.3, 0.4) is 0 Å². The quantitative estimate of drug-likeness (QED) is 0.861. The van der Waals surface area contributed by atoms with Gasteiger partial charge in [0, 0.05) is 29.7 Å². The van der Waals surface area contributed by atoms with Crippen LogP contribution >= 0.6 is 11.6 Å². The van der Waals surface area contributed by atoms with Crippen LogP contribution in [0, 0.1) is 12.8 Å². The molecule has 1 saturated heterocycles. The molecule has 0 bridgehead atoms. The molecule has 1 aromatic rings. The molecule has 1 atom stereocenters. The molecule has 8 heteroatoms. The molecule has 1 aliphatic heterocycles. The van der Waals surface area contributed by atoms with Gasteiger partial charge in [-0.3, -0.25) is 4.79 Å². The molecule has 21 heavy (non-hydrogen) atoms. The van der Waals surface area contributed by atoms with Gasteiger partial charge >= 0.3 is 0 Å². The summed E-state index contributed by atoms with van der Waals surface area (Å²) in [5.41, 5.74) is 0.507. The number of amides is 1. The zero-order valence-corrected chi connectivity index (χ0v) is 13.1. The number of rotatable bonds is 4. The summed E-state index contributed by atoms with van der Waals surface area (Å²) in [6, 6.07) is 2.68. The fraction of sp³-hybridized carbons (Fsp3) is 0.462. The van der Waals surface area contributed by atoms with Crippen LogP contribution < -0.4 is 10.5 Å². The molecule has 1 unspecified atom stereocenters. The van der Waals surface area contributed by atoms with E-state index in [9.17, 15) is 13.2 Å². The minimum Gasteiger partial charge on any atom is -0.381 e. The van der Waals surface area contributed by atoms with E-state index in [1.807, 2.05) is 0 Å². The Morgan fingerprint density at radius 1 is 1.52 bits per heavy atom. The summed E-state index contributed by atoms with van der Waals surface area (Å²) in [7, 11) is -3.93. The Kier molecular flexibility index (Phi) is 4.88. The highest BCUT2D eigenvalue weighted by Crippen LogP contribution is 2.23. The number of benzene rings is 1. The van der Waals surface area contributed by atoms with E-state index in [0.29, 0.717) is 25.3 Å². The molecule has 116 valence electrons. The number of halogens is 1. The molecule has 1 fully saturated rings. The van der Waals surface area contributed by atoms with Crippen molar-refractivity contribution in [3.8, 4) is 0 Å². The van der Waals surface area contributed by atoms with Crippen LogP contribution in [0.1, 0.15) is 22.3 Å². The van der Waals surface area contributed by atoms with Gasteiger partial charge < -0.3 is 10.1 Å². The van der Waals surface area contributed by atoms with Crippen molar-refractivity contribution < 1.29 is 17.9 Å². The molecule has 3 N–H and O–H groups in total. The number of hydrogen-bond donors (Lipinski definition) is 2. The number of nitrogens with two attached hydrogens (primary N) is 1. The molecule has 0 aliphatic carbocycles. The molecule has 6 nitrogen and oxygen atoms in total. The summed E-state index contributed by atoms with van der Waals surface area (Å²) >= 11 is 5.88. The number of hydrogen-bond acceptors (Lipinski definition) is 4. The predicted octanol–water partition coefficient (Wildman–Crippen LogP) is 1.06. The van der Waals surface area contributed by atoms with Gasteiger partial charge in [-0.25, -0.2) is 13.6 Å². The van der Waals surface area contributed by atoms with Crippen molar-refractivity contribution in [3.63, 3.8) is 0 Å². The highest BCUT2D eigenvalue weighted by molar-refractivity contribution is 7.89. The summed E-state index contributed by atoms with van der Waals surface area (Å²) in [5, 5.41) is 8.06. The van der Waals surface area contributed by atoms with E-state index in [2.05, 4.69) is 5.32 Å². The minimum absolute atomic E-state index is 0.135. The van der Waals surface area contributed by atoms with Crippen LogP contribution in [0.5, 0.6) is 0 Å². The van der Waals surface area contributed by atoms with Crippen molar-refractivity contribution in [3.05, 3.63) is 28.3 Å². The second-order valence-electron chi connectivity index (χ2n) is 5.06. The Balaban J connectivity index is 2.22. The number of nitrogens with one attached hydrogen (secondary N) is 1. The van der Waals surface area contributed by atoms with Crippen molar-refractivity contribution in [1.82, 2.24) is 5.32 Å². The fourth-order valence-electron chi connectivity index (χ4n) is 2.26. The molecule has 0 saturated carbocycles. The summed E-state index contributed by atoms with van der Waals surface area (Å²) in [5.74, 6) is -0.0852. The van der Waals surface area contributed by atoms with Crippen molar-refractivity contribution >= 4 is 27.5 Å². The van der Waals surface area contributed by atoms with Gasteiger partial charge in [0.1, 0.15) is 0 Å². The van der Waals surface area contributed by atoms with Crippen molar-refractivity contribution in [1.29, 1.82) is 0 Å². The zero-order valence-electron chi connectivity index (χ0n) is 11.6. The number of primary sulfonamides is 1. The first-order chi connectivity index (χ1) is 9.79. The lowest BCUT2D eigenvalue weighted by Gasteiger charge is -2.13. The number of ether oxygens (including phenoxy) is 1. The highest BCUT2D eigenvalue weighted by Gasteiger charge is 2.21. The summed E-state index contributed by atoms with van der Waals surface area (Å²) in [4.78, 5) is 12.1. The molecule has 1 aromatic carbocycles. The van der Waals surface area contributed by atoms with E-state index in [1.165, 1.54) is 19.1 Å². The number of carbonyl (C=O) groups excluding carboxylic acids is 1. The Morgan fingerprint density at radius 3 is 2.81 bits per heavy atom. The van der Waals surface area contributed by atoms with Gasteiger partial charge in [0.05, 0.1) is 11.5 Å². The van der Waals surface area contributed by atoms with Gasteiger partial charge in [-0.15, -0.1) is 0 Å². The van der Waals surface area contributed by atoms with Gasteiger partial charge in [0.25, 0.3) is 5.91 Å². The van der Waals surface area contributed by atoms with Crippen molar-refractivity contribution in [2.75, 3.05) is 19.8 Å². The third kappa shape index (κ3) is 3.94. The maximum atomic E-state index is 12.2. The van der Waals surface area contributed by atoms with Crippen LogP contribution in [-0.4, -0.2) is 34.1 Å². The maximum Gasteiger partial charge on any atom is 0.251 e. The molecule has 1 amide bonds. The van der Waals surface area contributed by atoms with Gasteiger partial charge in [-0.1, -0.05) is 11.6 Å². The topological polar surface area (TPSA) is 98.5 Å². The molecular weight excluding hydrogens is 316 g/mol. The number of sulfonamides is 1.